The minimum atomic E-state index is -0.803. The van der Waals surface area contributed by atoms with Crippen molar-refractivity contribution < 1.29 is 9.00 Å². The van der Waals surface area contributed by atoms with Crippen LogP contribution in [0.2, 0.25) is 0 Å². The lowest BCUT2D eigenvalue weighted by atomic mass is 9.96. The molecule has 1 heterocycles. The lowest BCUT2D eigenvalue weighted by molar-refractivity contribution is 0.248. The molecule has 1 aromatic rings. The fourth-order valence-electron chi connectivity index (χ4n) is 2.37. The molecule has 1 saturated carbocycles. The van der Waals surface area contributed by atoms with E-state index in [1.807, 2.05) is 6.20 Å². The molecule has 0 saturated heterocycles. The largest absolute Gasteiger partial charge is 0.335 e. The van der Waals surface area contributed by atoms with Crippen molar-refractivity contribution in [1.82, 2.24) is 10.3 Å². The SMILES string of the molecule is CS(=O)C1CCC(NC(=O)Nc2ncc(C(C)(C)C)s2)C1. The monoisotopic (exact) mass is 329 g/mol. The third kappa shape index (κ3) is 4.51. The molecule has 1 aliphatic carbocycles. The summed E-state index contributed by atoms with van der Waals surface area (Å²) in [6.45, 7) is 6.36. The maximum absolute atomic E-state index is 12.0. The Kier molecular flexibility index (Phi) is 5.03. The van der Waals surface area contributed by atoms with Crippen molar-refractivity contribution in [3.05, 3.63) is 11.1 Å². The van der Waals surface area contributed by atoms with E-state index >= 15 is 0 Å². The zero-order valence-corrected chi connectivity index (χ0v) is 14.6. The number of amides is 2. The van der Waals surface area contributed by atoms with E-state index in [2.05, 4.69) is 36.4 Å². The maximum atomic E-state index is 12.0. The van der Waals surface area contributed by atoms with Crippen LogP contribution in [0.1, 0.15) is 44.9 Å². The summed E-state index contributed by atoms with van der Waals surface area (Å²) in [6.07, 6.45) is 6.15. The number of urea groups is 1. The molecular weight excluding hydrogens is 306 g/mol. The van der Waals surface area contributed by atoms with Crippen molar-refractivity contribution in [2.75, 3.05) is 11.6 Å². The Balaban J connectivity index is 1.85. The Morgan fingerprint density at radius 1 is 1.43 bits per heavy atom. The van der Waals surface area contributed by atoms with Gasteiger partial charge in [0.2, 0.25) is 0 Å². The van der Waals surface area contributed by atoms with Crippen LogP contribution in [0.4, 0.5) is 9.93 Å². The van der Waals surface area contributed by atoms with Crippen LogP contribution < -0.4 is 10.6 Å². The lowest BCUT2D eigenvalue weighted by Crippen LogP contribution is -2.36. The Labute approximate surface area is 132 Å². The van der Waals surface area contributed by atoms with Crippen molar-refractivity contribution in [2.24, 2.45) is 0 Å². The van der Waals surface area contributed by atoms with Gasteiger partial charge in [-0.3, -0.25) is 9.53 Å². The highest BCUT2D eigenvalue weighted by Gasteiger charge is 2.28. The Hall–Kier alpha value is -0.950. The molecule has 3 unspecified atom stereocenters. The van der Waals surface area contributed by atoms with Crippen LogP contribution in [0.25, 0.3) is 0 Å². The zero-order chi connectivity index (χ0) is 15.6. The van der Waals surface area contributed by atoms with Crippen LogP contribution in [0.15, 0.2) is 6.20 Å². The molecule has 7 heteroatoms. The maximum Gasteiger partial charge on any atom is 0.321 e. The van der Waals surface area contributed by atoms with E-state index in [1.54, 1.807) is 6.26 Å². The minimum absolute atomic E-state index is 0.0396. The molecule has 0 spiro atoms. The highest BCUT2D eigenvalue weighted by Crippen LogP contribution is 2.30. The number of thiazole rings is 1. The summed E-state index contributed by atoms with van der Waals surface area (Å²) in [7, 11) is -0.803. The number of carbonyl (C=O) groups excluding carboxylic acids is 1. The van der Waals surface area contributed by atoms with Crippen LogP contribution in [0.3, 0.4) is 0 Å². The fourth-order valence-corrected chi connectivity index (χ4v) is 4.21. The van der Waals surface area contributed by atoms with E-state index in [4.69, 9.17) is 0 Å². The Morgan fingerprint density at radius 2 is 2.14 bits per heavy atom. The second kappa shape index (κ2) is 6.44. The summed E-state index contributed by atoms with van der Waals surface area (Å²) in [5.41, 5.74) is 0.0396. The van der Waals surface area contributed by atoms with Gasteiger partial charge in [-0.25, -0.2) is 9.78 Å². The topological polar surface area (TPSA) is 71.1 Å². The first-order chi connectivity index (χ1) is 9.75. The summed E-state index contributed by atoms with van der Waals surface area (Å²) in [4.78, 5) is 17.3. The third-order valence-corrected chi connectivity index (χ3v) is 6.36. The lowest BCUT2D eigenvalue weighted by Gasteiger charge is -2.14. The predicted octanol–water partition coefficient (Wildman–Crippen LogP) is 2.86. The Bertz CT molecular complexity index is 537. The fraction of sp³-hybridized carbons (Fsp3) is 0.714. The summed E-state index contributed by atoms with van der Waals surface area (Å²) >= 11 is 1.50. The van der Waals surface area contributed by atoms with E-state index in [0.717, 1.165) is 24.1 Å². The van der Waals surface area contributed by atoms with Crippen molar-refractivity contribution >= 4 is 33.3 Å². The summed E-state index contributed by atoms with van der Waals surface area (Å²) in [5, 5.41) is 6.56. The minimum Gasteiger partial charge on any atom is -0.335 e. The van der Waals surface area contributed by atoms with Crippen LogP contribution >= 0.6 is 11.3 Å². The molecule has 2 amide bonds. The quantitative estimate of drug-likeness (QED) is 0.896. The number of rotatable bonds is 3. The van der Waals surface area contributed by atoms with Crippen molar-refractivity contribution in [1.29, 1.82) is 0 Å². The smallest absolute Gasteiger partial charge is 0.321 e. The van der Waals surface area contributed by atoms with E-state index in [9.17, 15) is 9.00 Å². The number of hydrogen-bond donors (Lipinski definition) is 2. The van der Waals surface area contributed by atoms with Gasteiger partial charge in [0, 0.05) is 39.4 Å². The molecule has 1 fully saturated rings. The van der Waals surface area contributed by atoms with Crippen LogP contribution in [0.5, 0.6) is 0 Å². The van der Waals surface area contributed by atoms with Gasteiger partial charge in [0.1, 0.15) is 0 Å². The number of carbonyl (C=O) groups is 1. The van der Waals surface area contributed by atoms with E-state index in [1.165, 1.54) is 11.3 Å². The molecule has 2 rings (SSSR count). The van der Waals surface area contributed by atoms with Crippen molar-refractivity contribution in [2.45, 2.75) is 56.7 Å². The highest BCUT2D eigenvalue weighted by atomic mass is 32.2. The third-order valence-electron chi connectivity index (χ3n) is 3.65. The average Bonchev–Trinajstić information content (AvgIpc) is 2.97. The molecule has 118 valence electrons. The number of anilines is 1. The average molecular weight is 329 g/mol. The van der Waals surface area contributed by atoms with E-state index in [-0.39, 0.29) is 22.7 Å². The number of hydrogen-bond acceptors (Lipinski definition) is 4. The molecule has 1 aliphatic rings. The zero-order valence-electron chi connectivity index (χ0n) is 12.9. The summed E-state index contributed by atoms with van der Waals surface area (Å²) in [6, 6.07) is -0.113. The van der Waals surface area contributed by atoms with E-state index < -0.39 is 10.8 Å². The second-order valence-electron chi connectivity index (χ2n) is 6.51. The van der Waals surface area contributed by atoms with Crippen LogP contribution in [-0.2, 0) is 16.2 Å². The molecule has 2 N–H and O–H groups in total. The number of aromatic nitrogens is 1. The first-order valence-corrected chi connectivity index (χ1v) is 9.55. The predicted molar refractivity (Wildman–Crippen MR) is 88.5 cm³/mol. The molecule has 0 aliphatic heterocycles. The molecule has 0 radical (unpaired) electrons. The molecule has 0 aromatic carbocycles. The second-order valence-corrected chi connectivity index (χ2v) is 9.20. The van der Waals surface area contributed by atoms with E-state index in [0.29, 0.717) is 5.13 Å². The summed E-state index contributed by atoms with van der Waals surface area (Å²) < 4.78 is 11.4. The Morgan fingerprint density at radius 3 is 2.67 bits per heavy atom. The van der Waals surface area contributed by atoms with Gasteiger partial charge >= 0.3 is 6.03 Å². The van der Waals surface area contributed by atoms with Gasteiger partial charge in [0.05, 0.1) is 0 Å². The van der Waals surface area contributed by atoms with Gasteiger partial charge in [0.15, 0.2) is 5.13 Å². The summed E-state index contributed by atoms with van der Waals surface area (Å²) in [5.74, 6) is 0. The molecular formula is C14H23N3O2S2. The standard InChI is InChI=1S/C14H23N3O2S2/c1-14(2,3)11-8-15-13(20-11)17-12(18)16-9-5-6-10(7-9)21(4)19/h8-10H,5-7H2,1-4H3,(H2,15,16,17,18). The first-order valence-electron chi connectivity index (χ1n) is 7.12. The normalized spacial score (nSPS) is 23.8. The molecule has 5 nitrogen and oxygen atoms in total. The molecule has 1 aromatic heterocycles. The number of nitrogens with zero attached hydrogens (tertiary/aromatic N) is 1. The van der Waals surface area contributed by atoms with Gasteiger partial charge in [-0.1, -0.05) is 20.8 Å². The van der Waals surface area contributed by atoms with Gasteiger partial charge < -0.3 is 5.32 Å². The number of nitrogens with one attached hydrogen (secondary N) is 2. The van der Waals surface area contributed by atoms with Crippen molar-refractivity contribution in [3.8, 4) is 0 Å². The van der Waals surface area contributed by atoms with Gasteiger partial charge in [-0.2, -0.15) is 0 Å². The molecule has 0 bridgehead atoms. The van der Waals surface area contributed by atoms with Crippen LogP contribution in [0, 0.1) is 0 Å². The van der Waals surface area contributed by atoms with Crippen molar-refractivity contribution in [3.63, 3.8) is 0 Å². The molecule has 21 heavy (non-hydrogen) atoms. The van der Waals surface area contributed by atoms with Gasteiger partial charge in [0.25, 0.3) is 0 Å². The van der Waals surface area contributed by atoms with Gasteiger partial charge in [-0.05, 0) is 24.7 Å². The molecule has 3 atom stereocenters. The van der Waals surface area contributed by atoms with Gasteiger partial charge in [-0.15, -0.1) is 11.3 Å². The highest BCUT2D eigenvalue weighted by molar-refractivity contribution is 7.84. The first kappa shape index (κ1) is 16.4. The van der Waals surface area contributed by atoms with Crippen LogP contribution in [-0.4, -0.2) is 32.8 Å².